The van der Waals surface area contributed by atoms with Gasteiger partial charge in [-0.25, -0.2) is 0 Å². The molecule has 5 atom stereocenters. The summed E-state index contributed by atoms with van der Waals surface area (Å²) in [5.41, 5.74) is 0.600. The number of aliphatic hydroxyl groups excluding tert-OH is 1. The third-order valence-electron chi connectivity index (χ3n) is 6.24. The van der Waals surface area contributed by atoms with Crippen molar-refractivity contribution in [3.05, 3.63) is 42.0 Å². The lowest BCUT2D eigenvalue weighted by Gasteiger charge is -2.36. The van der Waals surface area contributed by atoms with Gasteiger partial charge >= 0.3 is 0 Å². The SMILES string of the molecule is C=CCC1=C[C@@]2(OC)C(O)[C@@H](C1=O)[C@H](c1cc(OC)c3c(c1)OCO3)[C@H]2C. The van der Waals surface area contributed by atoms with Crippen LogP contribution < -0.4 is 14.2 Å². The summed E-state index contributed by atoms with van der Waals surface area (Å²) in [4.78, 5) is 13.1. The molecule has 144 valence electrons. The zero-order chi connectivity index (χ0) is 19.3. The first kappa shape index (κ1) is 18.1. The van der Waals surface area contributed by atoms with Crippen LogP contribution in [0.15, 0.2) is 36.4 Å². The Labute approximate surface area is 158 Å². The van der Waals surface area contributed by atoms with E-state index in [1.165, 1.54) is 0 Å². The van der Waals surface area contributed by atoms with Crippen molar-refractivity contribution in [3.8, 4) is 17.2 Å². The second-order valence-corrected chi connectivity index (χ2v) is 7.33. The van der Waals surface area contributed by atoms with Gasteiger partial charge in [0.15, 0.2) is 17.3 Å². The van der Waals surface area contributed by atoms with Crippen molar-refractivity contribution in [2.75, 3.05) is 21.0 Å². The number of benzene rings is 1. The van der Waals surface area contributed by atoms with E-state index in [0.717, 1.165) is 5.56 Å². The molecule has 1 unspecified atom stereocenters. The van der Waals surface area contributed by atoms with Gasteiger partial charge in [0, 0.05) is 13.0 Å². The van der Waals surface area contributed by atoms with Gasteiger partial charge in [0.05, 0.1) is 19.1 Å². The fourth-order valence-electron chi connectivity index (χ4n) is 4.94. The Morgan fingerprint density at radius 3 is 2.78 bits per heavy atom. The summed E-state index contributed by atoms with van der Waals surface area (Å²) in [6.07, 6.45) is 3.04. The van der Waals surface area contributed by atoms with Crippen LogP contribution >= 0.6 is 0 Å². The maximum Gasteiger partial charge on any atom is 0.231 e. The molecule has 1 aliphatic heterocycles. The Hall–Kier alpha value is -2.31. The van der Waals surface area contributed by atoms with E-state index in [0.29, 0.717) is 29.2 Å². The van der Waals surface area contributed by atoms with Gasteiger partial charge in [0.2, 0.25) is 12.5 Å². The number of hydrogen-bond acceptors (Lipinski definition) is 6. The van der Waals surface area contributed by atoms with E-state index < -0.39 is 17.6 Å². The number of ketones is 1. The van der Waals surface area contributed by atoms with Gasteiger partial charge < -0.3 is 24.1 Å². The number of allylic oxidation sites excluding steroid dienone is 2. The van der Waals surface area contributed by atoms with Gasteiger partial charge in [-0.3, -0.25) is 4.79 Å². The number of methoxy groups -OCH3 is 2. The average Bonchev–Trinajstić information content (AvgIpc) is 3.20. The largest absolute Gasteiger partial charge is 0.493 e. The predicted octanol–water partition coefficient (Wildman–Crippen LogP) is 2.60. The molecule has 2 bridgehead atoms. The van der Waals surface area contributed by atoms with Crippen LogP contribution in [0, 0.1) is 11.8 Å². The normalized spacial score (nSPS) is 33.8. The van der Waals surface area contributed by atoms with E-state index in [9.17, 15) is 9.90 Å². The maximum atomic E-state index is 13.1. The summed E-state index contributed by atoms with van der Waals surface area (Å²) in [6, 6.07) is 3.75. The van der Waals surface area contributed by atoms with Gasteiger partial charge in [-0.1, -0.05) is 13.0 Å². The first-order valence-electron chi connectivity index (χ1n) is 9.06. The van der Waals surface area contributed by atoms with E-state index in [2.05, 4.69) is 6.58 Å². The lowest BCUT2D eigenvalue weighted by atomic mass is 9.79. The van der Waals surface area contributed by atoms with Crippen LogP contribution in [0.1, 0.15) is 24.8 Å². The van der Waals surface area contributed by atoms with E-state index in [1.54, 1.807) is 26.4 Å². The highest BCUT2D eigenvalue weighted by Gasteiger charge is 2.63. The fraction of sp³-hybridized carbons (Fsp3) is 0.476. The number of rotatable bonds is 5. The Morgan fingerprint density at radius 2 is 2.11 bits per heavy atom. The quantitative estimate of drug-likeness (QED) is 0.801. The van der Waals surface area contributed by atoms with Crippen LogP contribution in [0.25, 0.3) is 0 Å². The molecule has 27 heavy (non-hydrogen) atoms. The molecule has 1 aromatic carbocycles. The minimum Gasteiger partial charge on any atom is -0.493 e. The maximum absolute atomic E-state index is 13.1. The number of aliphatic hydroxyl groups is 1. The van der Waals surface area contributed by atoms with Crippen LogP contribution in [0.2, 0.25) is 0 Å². The van der Waals surface area contributed by atoms with Gasteiger partial charge in [0.1, 0.15) is 5.60 Å². The number of fused-ring (bicyclic) bond motifs is 3. The Kier molecular flexibility index (Phi) is 4.28. The smallest absolute Gasteiger partial charge is 0.231 e. The van der Waals surface area contributed by atoms with E-state index in [4.69, 9.17) is 18.9 Å². The number of carbonyl (C=O) groups excluding carboxylic acids is 1. The van der Waals surface area contributed by atoms with Gasteiger partial charge in [-0.2, -0.15) is 0 Å². The predicted molar refractivity (Wildman–Crippen MR) is 98.2 cm³/mol. The first-order chi connectivity index (χ1) is 13.0. The van der Waals surface area contributed by atoms with Gasteiger partial charge in [-0.15, -0.1) is 6.58 Å². The van der Waals surface area contributed by atoms with E-state index in [1.807, 2.05) is 19.1 Å². The second-order valence-electron chi connectivity index (χ2n) is 7.33. The molecule has 0 saturated heterocycles. The minimum atomic E-state index is -0.917. The highest BCUT2D eigenvalue weighted by Crippen LogP contribution is 2.57. The fourth-order valence-corrected chi connectivity index (χ4v) is 4.94. The summed E-state index contributed by atoms with van der Waals surface area (Å²) in [6.45, 7) is 5.88. The topological polar surface area (TPSA) is 74.2 Å². The summed E-state index contributed by atoms with van der Waals surface area (Å²) < 4.78 is 22.3. The van der Waals surface area contributed by atoms with Crippen molar-refractivity contribution in [3.63, 3.8) is 0 Å². The average molecular weight is 372 g/mol. The molecule has 1 heterocycles. The molecule has 0 spiro atoms. The van der Waals surface area contributed by atoms with Crippen molar-refractivity contribution >= 4 is 5.78 Å². The van der Waals surface area contributed by atoms with Gasteiger partial charge in [-0.05, 0) is 41.7 Å². The monoisotopic (exact) mass is 372 g/mol. The number of hydrogen-bond donors (Lipinski definition) is 1. The molecule has 2 aliphatic carbocycles. The highest BCUT2D eigenvalue weighted by molar-refractivity contribution is 6.00. The first-order valence-corrected chi connectivity index (χ1v) is 9.06. The van der Waals surface area contributed by atoms with Crippen molar-refractivity contribution < 1.29 is 28.8 Å². The summed E-state index contributed by atoms with van der Waals surface area (Å²) in [5, 5.41) is 11.0. The van der Waals surface area contributed by atoms with Crippen molar-refractivity contribution in [2.45, 2.75) is 31.0 Å². The number of Topliss-reactive ketones (excluding diaryl/α,β-unsaturated/α-hetero) is 1. The standard InChI is InChI=1S/C21H24O6/c1-5-6-12-9-21(25-4)11(2)16(17(18(12)22)20(21)23)13-7-14(24-3)19-15(8-13)26-10-27-19/h5,7-9,11,16-17,20,23H,1,6,10H2,2-4H3/t11-,16+,17-,20?,21+/m1/s1. The molecular weight excluding hydrogens is 348 g/mol. The summed E-state index contributed by atoms with van der Waals surface area (Å²) in [7, 11) is 3.15. The lowest BCUT2D eigenvalue weighted by molar-refractivity contribution is -0.130. The Bertz CT molecular complexity index is 828. The molecule has 6 heteroatoms. The Balaban J connectivity index is 1.84. The van der Waals surface area contributed by atoms with Crippen LogP contribution in [0.5, 0.6) is 17.2 Å². The summed E-state index contributed by atoms with van der Waals surface area (Å²) >= 11 is 0. The zero-order valence-electron chi connectivity index (χ0n) is 15.7. The lowest BCUT2D eigenvalue weighted by Crippen LogP contribution is -2.48. The van der Waals surface area contributed by atoms with E-state index >= 15 is 0 Å². The highest BCUT2D eigenvalue weighted by atomic mass is 16.7. The third kappa shape index (κ3) is 2.36. The molecule has 6 nitrogen and oxygen atoms in total. The van der Waals surface area contributed by atoms with Crippen LogP contribution in [-0.2, 0) is 9.53 Å². The van der Waals surface area contributed by atoms with Crippen molar-refractivity contribution in [2.24, 2.45) is 11.8 Å². The Morgan fingerprint density at radius 1 is 1.33 bits per heavy atom. The molecule has 1 aromatic rings. The molecule has 0 aromatic heterocycles. The molecule has 1 N–H and O–H groups in total. The second kappa shape index (κ2) is 6.39. The third-order valence-corrected chi connectivity index (χ3v) is 6.24. The van der Waals surface area contributed by atoms with Crippen LogP contribution in [0.3, 0.4) is 0 Å². The minimum absolute atomic E-state index is 0.0546. The molecule has 1 saturated carbocycles. The molecule has 1 fully saturated rings. The van der Waals surface area contributed by atoms with Crippen LogP contribution in [0.4, 0.5) is 0 Å². The summed E-state index contributed by atoms with van der Waals surface area (Å²) in [5.74, 6) is 0.694. The van der Waals surface area contributed by atoms with Crippen molar-refractivity contribution in [1.29, 1.82) is 0 Å². The zero-order valence-corrected chi connectivity index (χ0v) is 15.7. The number of ether oxygens (including phenoxy) is 4. The molecule has 4 rings (SSSR count). The molecular formula is C21H24O6. The molecule has 3 aliphatic rings. The van der Waals surface area contributed by atoms with Gasteiger partial charge in [0.25, 0.3) is 0 Å². The van der Waals surface area contributed by atoms with Crippen LogP contribution in [-0.4, -0.2) is 43.6 Å². The number of carbonyl (C=O) groups is 1. The van der Waals surface area contributed by atoms with Crippen molar-refractivity contribution in [1.82, 2.24) is 0 Å². The molecule has 0 radical (unpaired) electrons. The molecule has 0 amide bonds. The van der Waals surface area contributed by atoms with E-state index in [-0.39, 0.29) is 24.4 Å².